The standard InChI is InChI=1S/C21H26N2O2S/c1-16-8-10-18(11-9-16)26-17(2)21(24)23-14-12-22(13-15-23)19-6-4-5-7-20(19)25-3/h4-11,17H,12-15H2,1-3H3/t17-/m1/s1. The van der Waals surface area contributed by atoms with Gasteiger partial charge < -0.3 is 14.5 Å². The van der Waals surface area contributed by atoms with Gasteiger partial charge in [-0.25, -0.2) is 0 Å². The molecule has 0 radical (unpaired) electrons. The molecule has 1 aliphatic heterocycles. The number of hydrogen-bond acceptors (Lipinski definition) is 4. The van der Waals surface area contributed by atoms with E-state index in [2.05, 4.69) is 42.2 Å². The molecule has 0 N–H and O–H groups in total. The van der Waals surface area contributed by atoms with Gasteiger partial charge in [0, 0.05) is 31.1 Å². The maximum atomic E-state index is 12.8. The number of piperazine rings is 1. The Kier molecular flexibility index (Phi) is 6.09. The first kappa shape index (κ1) is 18.6. The Balaban J connectivity index is 1.57. The van der Waals surface area contributed by atoms with Crippen LogP contribution in [-0.2, 0) is 4.79 Å². The molecule has 0 bridgehead atoms. The van der Waals surface area contributed by atoms with Crippen molar-refractivity contribution >= 4 is 23.4 Å². The lowest BCUT2D eigenvalue weighted by Gasteiger charge is -2.37. The van der Waals surface area contributed by atoms with Gasteiger partial charge in [0.2, 0.25) is 5.91 Å². The van der Waals surface area contributed by atoms with E-state index >= 15 is 0 Å². The molecule has 0 unspecified atom stereocenters. The molecule has 0 spiro atoms. The summed E-state index contributed by atoms with van der Waals surface area (Å²) in [5, 5.41) is -0.0736. The molecule has 1 aliphatic rings. The van der Waals surface area contributed by atoms with Crippen LogP contribution in [0.15, 0.2) is 53.4 Å². The molecule has 0 aromatic heterocycles. The fourth-order valence-corrected chi connectivity index (χ4v) is 4.14. The summed E-state index contributed by atoms with van der Waals surface area (Å²) in [4.78, 5) is 18.2. The predicted molar refractivity (Wildman–Crippen MR) is 108 cm³/mol. The van der Waals surface area contributed by atoms with E-state index in [1.807, 2.05) is 30.0 Å². The molecule has 138 valence electrons. The van der Waals surface area contributed by atoms with Crippen molar-refractivity contribution in [2.45, 2.75) is 24.0 Å². The molecule has 3 rings (SSSR count). The lowest BCUT2D eigenvalue weighted by atomic mass is 10.2. The van der Waals surface area contributed by atoms with Gasteiger partial charge in [-0.05, 0) is 38.1 Å². The number of hydrogen-bond donors (Lipinski definition) is 0. The van der Waals surface area contributed by atoms with Crippen LogP contribution in [-0.4, -0.2) is 49.3 Å². The molecule has 5 heteroatoms. The van der Waals surface area contributed by atoms with Gasteiger partial charge in [-0.1, -0.05) is 29.8 Å². The van der Waals surface area contributed by atoms with Gasteiger partial charge in [0.25, 0.3) is 0 Å². The van der Waals surface area contributed by atoms with Crippen LogP contribution in [0.1, 0.15) is 12.5 Å². The molecule has 1 saturated heterocycles. The summed E-state index contributed by atoms with van der Waals surface area (Å²) in [5.41, 5.74) is 2.34. The highest BCUT2D eigenvalue weighted by Crippen LogP contribution is 2.29. The number of thioether (sulfide) groups is 1. The molecular weight excluding hydrogens is 344 g/mol. The Hall–Kier alpha value is -2.14. The van der Waals surface area contributed by atoms with Crippen molar-refractivity contribution < 1.29 is 9.53 Å². The lowest BCUT2D eigenvalue weighted by molar-refractivity contribution is -0.130. The summed E-state index contributed by atoms with van der Waals surface area (Å²) in [6.07, 6.45) is 0. The van der Waals surface area contributed by atoms with E-state index in [-0.39, 0.29) is 11.2 Å². The average molecular weight is 371 g/mol. The number of rotatable bonds is 5. The van der Waals surface area contributed by atoms with E-state index in [0.717, 1.165) is 42.5 Å². The van der Waals surface area contributed by atoms with Gasteiger partial charge in [0.15, 0.2) is 0 Å². The summed E-state index contributed by atoms with van der Waals surface area (Å²) in [6, 6.07) is 16.4. The van der Waals surface area contributed by atoms with E-state index < -0.39 is 0 Å². The zero-order valence-electron chi connectivity index (χ0n) is 15.6. The van der Waals surface area contributed by atoms with Gasteiger partial charge >= 0.3 is 0 Å². The molecule has 1 atom stereocenters. The minimum absolute atomic E-state index is 0.0736. The summed E-state index contributed by atoms with van der Waals surface area (Å²) in [5.74, 6) is 1.10. The Labute approximate surface area is 160 Å². The second kappa shape index (κ2) is 8.49. The summed E-state index contributed by atoms with van der Waals surface area (Å²) >= 11 is 1.63. The largest absolute Gasteiger partial charge is 0.495 e. The van der Waals surface area contributed by atoms with Crippen molar-refractivity contribution in [1.82, 2.24) is 4.90 Å². The number of methoxy groups -OCH3 is 1. The van der Waals surface area contributed by atoms with E-state index in [1.54, 1.807) is 18.9 Å². The number of anilines is 1. The van der Waals surface area contributed by atoms with Crippen LogP contribution in [0.5, 0.6) is 5.75 Å². The molecule has 1 heterocycles. The van der Waals surface area contributed by atoms with Gasteiger partial charge in [-0.2, -0.15) is 0 Å². The first-order valence-electron chi connectivity index (χ1n) is 8.98. The highest BCUT2D eigenvalue weighted by Gasteiger charge is 2.26. The van der Waals surface area contributed by atoms with Crippen molar-refractivity contribution in [2.24, 2.45) is 0 Å². The predicted octanol–water partition coefficient (Wildman–Crippen LogP) is 3.83. The monoisotopic (exact) mass is 370 g/mol. The maximum Gasteiger partial charge on any atom is 0.235 e. The van der Waals surface area contributed by atoms with Crippen LogP contribution < -0.4 is 9.64 Å². The fraction of sp³-hybridized carbons (Fsp3) is 0.381. The van der Waals surface area contributed by atoms with Gasteiger partial charge in [-0.3, -0.25) is 4.79 Å². The molecule has 1 amide bonds. The molecule has 0 aliphatic carbocycles. The normalized spacial score (nSPS) is 15.7. The van der Waals surface area contributed by atoms with E-state index in [0.29, 0.717) is 0 Å². The molecule has 26 heavy (non-hydrogen) atoms. The average Bonchev–Trinajstić information content (AvgIpc) is 2.69. The number of nitrogens with zero attached hydrogens (tertiary/aromatic N) is 2. The summed E-state index contributed by atoms with van der Waals surface area (Å²) in [7, 11) is 1.70. The topological polar surface area (TPSA) is 32.8 Å². The highest BCUT2D eigenvalue weighted by atomic mass is 32.2. The second-order valence-electron chi connectivity index (χ2n) is 6.56. The van der Waals surface area contributed by atoms with Crippen LogP contribution in [0.25, 0.3) is 0 Å². The number of carbonyl (C=O) groups is 1. The Morgan fingerprint density at radius 1 is 1.04 bits per heavy atom. The smallest absolute Gasteiger partial charge is 0.235 e. The minimum atomic E-state index is -0.0736. The second-order valence-corrected chi connectivity index (χ2v) is 7.97. The molecular formula is C21H26N2O2S. The zero-order chi connectivity index (χ0) is 18.5. The van der Waals surface area contributed by atoms with Crippen LogP contribution in [0.4, 0.5) is 5.69 Å². The lowest BCUT2D eigenvalue weighted by Crippen LogP contribution is -2.50. The SMILES string of the molecule is COc1ccccc1N1CCN(C(=O)[C@@H](C)Sc2ccc(C)cc2)CC1. The van der Waals surface area contributed by atoms with Gasteiger partial charge in [0.1, 0.15) is 5.75 Å². The van der Waals surface area contributed by atoms with E-state index in [9.17, 15) is 4.79 Å². The van der Waals surface area contributed by atoms with Crippen molar-refractivity contribution in [2.75, 3.05) is 38.2 Å². The molecule has 4 nitrogen and oxygen atoms in total. The number of ether oxygens (including phenoxy) is 1. The van der Waals surface area contributed by atoms with Gasteiger partial charge in [0.05, 0.1) is 18.0 Å². The molecule has 2 aromatic carbocycles. The molecule has 2 aromatic rings. The minimum Gasteiger partial charge on any atom is -0.495 e. The van der Waals surface area contributed by atoms with Gasteiger partial charge in [-0.15, -0.1) is 11.8 Å². The summed E-state index contributed by atoms with van der Waals surface area (Å²) in [6.45, 7) is 7.22. The fourth-order valence-electron chi connectivity index (χ4n) is 3.19. The number of amides is 1. The Bertz CT molecular complexity index is 740. The number of aryl methyl sites for hydroxylation is 1. The van der Waals surface area contributed by atoms with Crippen LogP contribution >= 0.6 is 11.8 Å². The molecule has 1 fully saturated rings. The molecule has 0 saturated carbocycles. The van der Waals surface area contributed by atoms with Crippen LogP contribution in [0, 0.1) is 6.92 Å². The third kappa shape index (κ3) is 4.33. The Morgan fingerprint density at radius 3 is 2.35 bits per heavy atom. The third-order valence-corrected chi connectivity index (χ3v) is 5.80. The third-order valence-electron chi connectivity index (χ3n) is 4.70. The van der Waals surface area contributed by atoms with Crippen molar-refractivity contribution in [3.63, 3.8) is 0 Å². The van der Waals surface area contributed by atoms with Crippen LogP contribution in [0.3, 0.4) is 0 Å². The zero-order valence-corrected chi connectivity index (χ0v) is 16.5. The summed E-state index contributed by atoms with van der Waals surface area (Å²) < 4.78 is 5.46. The van der Waals surface area contributed by atoms with Crippen LogP contribution in [0.2, 0.25) is 0 Å². The number of carbonyl (C=O) groups excluding carboxylic acids is 1. The first-order chi connectivity index (χ1) is 12.6. The van der Waals surface area contributed by atoms with Crippen molar-refractivity contribution in [3.05, 3.63) is 54.1 Å². The quantitative estimate of drug-likeness (QED) is 0.749. The van der Waals surface area contributed by atoms with Crippen molar-refractivity contribution in [1.29, 1.82) is 0 Å². The van der Waals surface area contributed by atoms with Crippen molar-refractivity contribution in [3.8, 4) is 5.75 Å². The highest BCUT2D eigenvalue weighted by molar-refractivity contribution is 8.00. The maximum absolute atomic E-state index is 12.8. The number of para-hydroxylation sites is 2. The first-order valence-corrected chi connectivity index (χ1v) is 9.86. The van der Waals surface area contributed by atoms with E-state index in [4.69, 9.17) is 4.74 Å². The number of benzene rings is 2. The Morgan fingerprint density at radius 2 is 1.69 bits per heavy atom. The van der Waals surface area contributed by atoms with E-state index in [1.165, 1.54) is 5.56 Å².